The number of pyridine rings is 1. The number of anilines is 1. The Balaban J connectivity index is 1.68. The van der Waals surface area contributed by atoms with Crippen LogP contribution in [0.2, 0.25) is 0 Å². The quantitative estimate of drug-likeness (QED) is 0.397. The fourth-order valence-corrected chi connectivity index (χ4v) is 3.04. The second-order valence-corrected chi connectivity index (χ2v) is 5.95. The molecule has 23 heavy (non-hydrogen) atoms. The van der Waals surface area contributed by atoms with Gasteiger partial charge in [0, 0.05) is 24.5 Å². The van der Waals surface area contributed by atoms with Crippen molar-refractivity contribution in [2.24, 2.45) is 0 Å². The lowest BCUT2D eigenvalue weighted by atomic mass is 10.1. The molecule has 0 bridgehead atoms. The van der Waals surface area contributed by atoms with Crippen LogP contribution in [-0.2, 0) is 4.79 Å². The number of Topliss-reactive ketones (excluding diaryl/α,β-unsaturated/α-hetero) is 1. The molecule has 3 aromatic rings. The predicted molar refractivity (Wildman–Crippen MR) is 91.2 cm³/mol. The molecule has 0 fully saturated rings. The molecule has 1 aromatic carbocycles. The first-order valence-electron chi connectivity index (χ1n) is 7.05. The average Bonchev–Trinajstić information content (AvgIpc) is 3.02. The van der Waals surface area contributed by atoms with E-state index in [1.54, 1.807) is 37.5 Å². The molecule has 0 N–H and O–H groups in total. The van der Waals surface area contributed by atoms with Gasteiger partial charge in [0.15, 0.2) is 10.9 Å². The van der Waals surface area contributed by atoms with Gasteiger partial charge in [-0.1, -0.05) is 17.8 Å². The Morgan fingerprint density at radius 1 is 1.26 bits per heavy atom. The Morgan fingerprint density at radius 2 is 2.04 bits per heavy atom. The Hall–Kier alpha value is -2.60. The number of fused-ring (bicyclic) bond motifs is 1. The molecule has 0 unspecified atom stereocenters. The molecule has 1 amide bonds. The minimum absolute atomic E-state index is 0.0305. The van der Waals surface area contributed by atoms with Gasteiger partial charge in [-0.3, -0.25) is 14.0 Å². The predicted octanol–water partition coefficient (Wildman–Crippen LogP) is 2.90. The van der Waals surface area contributed by atoms with Crippen molar-refractivity contribution >= 4 is 35.2 Å². The molecule has 5 nitrogen and oxygen atoms in total. The number of thioether (sulfide) groups is 1. The number of amides is 1. The zero-order chi connectivity index (χ0) is 16.2. The van der Waals surface area contributed by atoms with Gasteiger partial charge in [0.05, 0.1) is 17.5 Å². The van der Waals surface area contributed by atoms with Crippen LogP contribution in [0.5, 0.6) is 0 Å². The van der Waals surface area contributed by atoms with E-state index in [0.717, 1.165) is 22.8 Å². The molecule has 0 saturated heterocycles. The lowest BCUT2D eigenvalue weighted by Gasteiger charge is -2.10. The Labute approximate surface area is 137 Å². The maximum absolute atomic E-state index is 12.3. The monoisotopic (exact) mass is 325 g/mol. The first-order valence-corrected chi connectivity index (χ1v) is 8.04. The van der Waals surface area contributed by atoms with E-state index in [1.807, 2.05) is 28.8 Å². The molecule has 3 rings (SSSR count). The van der Waals surface area contributed by atoms with Crippen molar-refractivity contribution < 1.29 is 9.59 Å². The average molecular weight is 325 g/mol. The number of carbonyl (C=O) groups is 2. The summed E-state index contributed by atoms with van der Waals surface area (Å²) in [4.78, 5) is 28.8. The Bertz CT molecular complexity index is 842. The minimum atomic E-state index is 0.0305. The maximum Gasteiger partial charge on any atom is 0.213 e. The SMILES string of the molecule is CN(C=O)c1ccc(C(=O)CSc2ncc3ccccn23)cc1. The zero-order valence-corrected chi connectivity index (χ0v) is 13.4. The largest absolute Gasteiger partial charge is 0.318 e. The Kier molecular flexibility index (Phi) is 4.43. The molecular weight excluding hydrogens is 310 g/mol. The molecule has 0 saturated carbocycles. The summed E-state index contributed by atoms with van der Waals surface area (Å²) in [5.41, 5.74) is 2.38. The number of imidazole rings is 1. The molecule has 0 atom stereocenters. The first kappa shape index (κ1) is 15.3. The van der Waals surface area contributed by atoms with Gasteiger partial charge in [-0.05, 0) is 36.4 Å². The van der Waals surface area contributed by atoms with Crippen LogP contribution in [0.4, 0.5) is 5.69 Å². The van der Waals surface area contributed by atoms with Crippen molar-refractivity contribution in [1.82, 2.24) is 9.38 Å². The summed E-state index contributed by atoms with van der Waals surface area (Å²) in [6.07, 6.45) is 4.45. The third kappa shape index (κ3) is 3.27. The van der Waals surface area contributed by atoms with Gasteiger partial charge in [-0.2, -0.15) is 0 Å². The van der Waals surface area contributed by atoms with Gasteiger partial charge in [-0.25, -0.2) is 4.98 Å². The number of benzene rings is 1. The Morgan fingerprint density at radius 3 is 2.78 bits per heavy atom. The van der Waals surface area contributed by atoms with Gasteiger partial charge in [0.2, 0.25) is 6.41 Å². The molecule has 0 aliphatic carbocycles. The van der Waals surface area contributed by atoms with E-state index in [1.165, 1.54) is 16.7 Å². The number of ketones is 1. The van der Waals surface area contributed by atoms with Crippen LogP contribution in [0.3, 0.4) is 0 Å². The van der Waals surface area contributed by atoms with Crippen LogP contribution in [-0.4, -0.2) is 34.4 Å². The highest BCUT2D eigenvalue weighted by molar-refractivity contribution is 7.99. The molecule has 6 heteroatoms. The smallest absolute Gasteiger partial charge is 0.213 e. The number of aromatic nitrogens is 2. The highest BCUT2D eigenvalue weighted by Gasteiger charge is 2.10. The van der Waals surface area contributed by atoms with Crippen LogP contribution in [0.25, 0.3) is 5.52 Å². The van der Waals surface area contributed by atoms with Crippen molar-refractivity contribution in [2.75, 3.05) is 17.7 Å². The van der Waals surface area contributed by atoms with Crippen molar-refractivity contribution in [3.8, 4) is 0 Å². The van der Waals surface area contributed by atoms with Crippen molar-refractivity contribution in [3.63, 3.8) is 0 Å². The summed E-state index contributed by atoms with van der Waals surface area (Å²) in [7, 11) is 1.67. The van der Waals surface area contributed by atoms with Gasteiger partial charge >= 0.3 is 0 Å². The summed E-state index contributed by atoms with van der Waals surface area (Å²) >= 11 is 1.41. The first-order chi connectivity index (χ1) is 11.2. The van der Waals surface area contributed by atoms with Crippen molar-refractivity contribution in [3.05, 3.63) is 60.4 Å². The molecule has 0 aliphatic heterocycles. The van der Waals surface area contributed by atoms with Crippen LogP contribution >= 0.6 is 11.8 Å². The molecule has 2 aromatic heterocycles. The van der Waals surface area contributed by atoms with Crippen molar-refractivity contribution in [2.45, 2.75) is 5.16 Å². The molecular formula is C17H15N3O2S. The molecule has 116 valence electrons. The topological polar surface area (TPSA) is 54.7 Å². The van der Waals surface area contributed by atoms with E-state index in [-0.39, 0.29) is 5.78 Å². The third-order valence-electron chi connectivity index (χ3n) is 3.49. The van der Waals surface area contributed by atoms with Crippen molar-refractivity contribution in [1.29, 1.82) is 0 Å². The van der Waals surface area contributed by atoms with Crippen LogP contribution < -0.4 is 4.90 Å². The van der Waals surface area contributed by atoms with Gasteiger partial charge in [-0.15, -0.1) is 0 Å². The number of hydrogen-bond acceptors (Lipinski definition) is 4. The fraction of sp³-hybridized carbons (Fsp3) is 0.118. The van der Waals surface area contributed by atoms with Gasteiger partial charge in [0.25, 0.3) is 0 Å². The van der Waals surface area contributed by atoms with E-state index in [9.17, 15) is 9.59 Å². The summed E-state index contributed by atoms with van der Waals surface area (Å²) < 4.78 is 1.96. The number of rotatable bonds is 6. The third-order valence-corrected chi connectivity index (χ3v) is 4.46. The van der Waals surface area contributed by atoms with E-state index >= 15 is 0 Å². The lowest BCUT2D eigenvalue weighted by Crippen LogP contribution is -2.13. The van der Waals surface area contributed by atoms with Gasteiger partial charge < -0.3 is 4.90 Å². The molecule has 0 spiro atoms. The lowest BCUT2D eigenvalue weighted by molar-refractivity contribution is -0.107. The summed E-state index contributed by atoms with van der Waals surface area (Å²) in [6, 6.07) is 12.9. The summed E-state index contributed by atoms with van der Waals surface area (Å²) in [5, 5.41) is 0.797. The standard InChI is InChI=1S/C17H15N3O2S/c1-19(12-21)14-7-5-13(6-8-14)16(22)11-23-17-18-10-15-4-2-3-9-20(15)17/h2-10,12H,11H2,1H3. The van der Waals surface area contributed by atoms with E-state index in [4.69, 9.17) is 0 Å². The van der Waals surface area contributed by atoms with E-state index in [0.29, 0.717) is 11.3 Å². The van der Waals surface area contributed by atoms with Crippen LogP contribution in [0.1, 0.15) is 10.4 Å². The van der Waals surface area contributed by atoms with Crippen LogP contribution in [0, 0.1) is 0 Å². The number of carbonyl (C=O) groups excluding carboxylic acids is 2. The zero-order valence-electron chi connectivity index (χ0n) is 12.5. The summed E-state index contributed by atoms with van der Waals surface area (Å²) in [6.45, 7) is 0. The highest BCUT2D eigenvalue weighted by atomic mass is 32.2. The number of hydrogen-bond donors (Lipinski definition) is 0. The van der Waals surface area contributed by atoms with E-state index in [2.05, 4.69) is 4.98 Å². The molecule has 0 radical (unpaired) electrons. The molecule has 2 heterocycles. The second kappa shape index (κ2) is 6.66. The minimum Gasteiger partial charge on any atom is -0.318 e. The van der Waals surface area contributed by atoms with Gasteiger partial charge in [0.1, 0.15) is 0 Å². The van der Waals surface area contributed by atoms with E-state index < -0.39 is 0 Å². The highest BCUT2D eigenvalue weighted by Crippen LogP contribution is 2.20. The fourth-order valence-electron chi connectivity index (χ4n) is 2.18. The second-order valence-electron chi connectivity index (χ2n) is 5.01. The molecule has 0 aliphatic rings. The summed E-state index contributed by atoms with van der Waals surface area (Å²) in [5.74, 6) is 0.347. The number of nitrogens with zero attached hydrogens (tertiary/aromatic N) is 3. The van der Waals surface area contributed by atoms with Crippen LogP contribution in [0.15, 0.2) is 60.0 Å². The normalized spacial score (nSPS) is 10.7. The maximum atomic E-state index is 12.3.